The van der Waals surface area contributed by atoms with Gasteiger partial charge in [0.2, 0.25) is 0 Å². The molecule has 0 saturated heterocycles. The summed E-state index contributed by atoms with van der Waals surface area (Å²) < 4.78 is 22.3. The molecule has 2 heterocycles. The first-order valence-electron chi connectivity index (χ1n) is 12.1. The van der Waals surface area contributed by atoms with Crippen LogP contribution in [0.4, 0.5) is 0 Å². The zero-order valence-electron chi connectivity index (χ0n) is 21.9. The molecule has 0 N–H and O–H groups in total. The van der Waals surface area contributed by atoms with Crippen LogP contribution in [-0.4, -0.2) is 23.9 Å². The van der Waals surface area contributed by atoms with Crippen molar-refractivity contribution in [3.05, 3.63) is 81.9 Å². The van der Waals surface area contributed by atoms with Gasteiger partial charge in [0, 0.05) is 5.56 Å². The standard InChI is InChI=1S/C30H26O8/c1-29(2,3)15-13-18(30(4,5)6)24(36-20-12-8-10-17-23(20)28(34)38-26(17)32)21(14-15)35-19-11-7-9-16-22(19)27(33)37-25(16)31/h7-14H,1-6H3. The van der Waals surface area contributed by atoms with E-state index < -0.39 is 29.3 Å². The van der Waals surface area contributed by atoms with Gasteiger partial charge in [-0.25, -0.2) is 19.2 Å². The number of hydrogen-bond acceptors (Lipinski definition) is 8. The van der Waals surface area contributed by atoms with Gasteiger partial charge in [0.1, 0.15) is 22.6 Å². The smallest absolute Gasteiger partial charge is 0.350 e. The van der Waals surface area contributed by atoms with Gasteiger partial charge in [-0.15, -0.1) is 0 Å². The SMILES string of the molecule is CC(C)(C)c1cc(Oc2cccc3c2C(=O)OC3=O)c(Oc2cccc3c2C(=O)OC3=O)c(C(C)(C)C)c1. The third-order valence-electron chi connectivity index (χ3n) is 6.43. The molecular formula is C30H26O8. The summed E-state index contributed by atoms with van der Waals surface area (Å²) in [7, 11) is 0. The molecule has 0 fully saturated rings. The molecule has 0 amide bonds. The average molecular weight is 515 g/mol. The van der Waals surface area contributed by atoms with Gasteiger partial charge in [-0.3, -0.25) is 0 Å². The molecule has 38 heavy (non-hydrogen) atoms. The Morgan fingerprint density at radius 2 is 1.08 bits per heavy atom. The first kappa shape index (κ1) is 25.2. The number of esters is 4. The minimum atomic E-state index is -0.798. The fraction of sp³-hybridized carbons (Fsp3) is 0.267. The summed E-state index contributed by atoms with van der Waals surface area (Å²) in [4.78, 5) is 49.2. The molecule has 0 bridgehead atoms. The predicted molar refractivity (Wildman–Crippen MR) is 136 cm³/mol. The molecule has 2 aliphatic rings. The van der Waals surface area contributed by atoms with E-state index in [1.807, 2.05) is 26.8 Å². The number of benzene rings is 3. The van der Waals surface area contributed by atoms with Gasteiger partial charge in [-0.1, -0.05) is 59.7 Å². The number of carbonyl (C=O) groups is 4. The van der Waals surface area contributed by atoms with Gasteiger partial charge in [0.05, 0.1) is 11.1 Å². The molecule has 0 aromatic heterocycles. The maximum Gasteiger partial charge on any atom is 0.350 e. The van der Waals surface area contributed by atoms with Gasteiger partial charge in [0.15, 0.2) is 11.5 Å². The van der Waals surface area contributed by atoms with Gasteiger partial charge in [-0.2, -0.15) is 0 Å². The van der Waals surface area contributed by atoms with E-state index in [4.69, 9.17) is 18.9 Å². The molecule has 3 aromatic carbocycles. The summed E-state index contributed by atoms with van der Waals surface area (Å²) in [6.07, 6.45) is 0. The molecule has 2 aliphatic heterocycles. The molecule has 0 atom stereocenters. The topological polar surface area (TPSA) is 105 Å². The fourth-order valence-electron chi connectivity index (χ4n) is 4.38. The molecule has 0 aliphatic carbocycles. The molecule has 8 heteroatoms. The summed E-state index contributed by atoms with van der Waals surface area (Å²) in [5.74, 6) is -2.27. The van der Waals surface area contributed by atoms with Crippen LogP contribution in [0, 0.1) is 0 Å². The molecule has 5 rings (SSSR count). The summed E-state index contributed by atoms with van der Waals surface area (Å²) >= 11 is 0. The highest BCUT2D eigenvalue weighted by molar-refractivity contribution is 6.17. The second kappa shape index (κ2) is 8.55. The lowest BCUT2D eigenvalue weighted by Crippen LogP contribution is -2.18. The van der Waals surface area contributed by atoms with Crippen LogP contribution in [0.25, 0.3) is 0 Å². The predicted octanol–water partition coefficient (Wildman–Crippen LogP) is 6.49. The van der Waals surface area contributed by atoms with Crippen molar-refractivity contribution in [2.75, 3.05) is 0 Å². The van der Waals surface area contributed by atoms with Crippen LogP contribution in [0.5, 0.6) is 23.0 Å². The van der Waals surface area contributed by atoms with Gasteiger partial charge in [-0.05, 0) is 46.7 Å². The lowest BCUT2D eigenvalue weighted by Gasteiger charge is -2.29. The van der Waals surface area contributed by atoms with Gasteiger partial charge < -0.3 is 18.9 Å². The Morgan fingerprint density at radius 3 is 1.55 bits per heavy atom. The number of fused-ring (bicyclic) bond motifs is 2. The Hall–Kier alpha value is -4.46. The number of cyclic esters (lactones) is 4. The maximum atomic E-state index is 12.5. The van der Waals surface area contributed by atoms with Crippen LogP contribution >= 0.6 is 0 Å². The number of hydrogen-bond donors (Lipinski definition) is 0. The molecule has 194 valence electrons. The zero-order chi connectivity index (χ0) is 27.6. The van der Waals surface area contributed by atoms with Crippen LogP contribution < -0.4 is 9.47 Å². The highest BCUT2D eigenvalue weighted by Crippen LogP contribution is 2.47. The van der Waals surface area contributed by atoms with E-state index in [2.05, 4.69) is 20.8 Å². The van der Waals surface area contributed by atoms with E-state index in [9.17, 15) is 19.2 Å². The maximum absolute atomic E-state index is 12.5. The number of rotatable bonds is 4. The third-order valence-corrected chi connectivity index (χ3v) is 6.43. The minimum Gasteiger partial charge on any atom is -0.452 e. The largest absolute Gasteiger partial charge is 0.452 e. The van der Waals surface area contributed by atoms with Crippen molar-refractivity contribution in [2.45, 2.75) is 52.4 Å². The second-order valence-electron chi connectivity index (χ2n) is 11.3. The third kappa shape index (κ3) is 4.22. The van der Waals surface area contributed by atoms with Crippen molar-refractivity contribution < 1.29 is 38.1 Å². The lowest BCUT2D eigenvalue weighted by atomic mass is 9.80. The fourth-order valence-corrected chi connectivity index (χ4v) is 4.38. The van der Waals surface area contributed by atoms with E-state index in [0.717, 1.165) is 11.1 Å². The van der Waals surface area contributed by atoms with Crippen LogP contribution in [0.1, 0.15) is 94.1 Å². The number of ether oxygens (including phenoxy) is 4. The Balaban J connectivity index is 1.73. The lowest BCUT2D eigenvalue weighted by molar-refractivity contribution is 0.0424. The molecule has 8 nitrogen and oxygen atoms in total. The van der Waals surface area contributed by atoms with Crippen LogP contribution in [0.2, 0.25) is 0 Å². The van der Waals surface area contributed by atoms with Crippen molar-refractivity contribution in [1.82, 2.24) is 0 Å². The van der Waals surface area contributed by atoms with Crippen molar-refractivity contribution in [3.63, 3.8) is 0 Å². The van der Waals surface area contributed by atoms with Crippen molar-refractivity contribution in [2.24, 2.45) is 0 Å². The van der Waals surface area contributed by atoms with Gasteiger partial charge >= 0.3 is 23.9 Å². The minimum absolute atomic E-state index is 0.0247. The number of carbonyl (C=O) groups excluding carboxylic acids is 4. The first-order chi connectivity index (χ1) is 17.8. The molecule has 3 aromatic rings. The summed E-state index contributed by atoms with van der Waals surface area (Å²) in [5, 5.41) is 0. The molecule has 0 saturated carbocycles. The Bertz CT molecular complexity index is 1550. The molecular weight excluding hydrogens is 488 g/mol. The van der Waals surface area contributed by atoms with Crippen LogP contribution in [0.15, 0.2) is 48.5 Å². The summed E-state index contributed by atoms with van der Waals surface area (Å²) in [6.45, 7) is 12.2. The molecule has 0 radical (unpaired) electrons. The van der Waals surface area contributed by atoms with E-state index in [1.54, 1.807) is 30.3 Å². The van der Waals surface area contributed by atoms with Crippen LogP contribution in [-0.2, 0) is 20.3 Å². The summed E-state index contributed by atoms with van der Waals surface area (Å²) in [6, 6.07) is 13.1. The van der Waals surface area contributed by atoms with E-state index in [0.29, 0.717) is 5.75 Å². The molecule has 0 spiro atoms. The van der Waals surface area contributed by atoms with Crippen molar-refractivity contribution in [3.8, 4) is 23.0 Å². The highest BCUT2D eigenvalue weighted by Gasteiger charge is 2.36. The second-order valence-corrected chi connectivity index (χ2v) is 11.3. The Kier molecular flexibility index (Phi) is 5.67. The van der Waals surface area contributed by atoms with E-state index in [1.165, 1.54) is 12.1 Å². The van der Waals surface area contributed by atoms with Crippen molar-refractivity contribution >= 4 is 23.9 Å². The normalized spacial score (nSPS) is 14.7. The summed E-state index contributed by atoms with van der Waals surface area (Å²) in [5.41, 5.74) is 1.24. The van der Waals surface area contributed by atoms with E-state index >= 15 is 0 Å². The van der Waals surface area contributed by atoms with Gasteiger partial charge in [0.25, 0.3) is 0 Å². The first-order valence-corrected chi connectivity index (χ1v) is 12.1. The highest BCUT2D eigenvalue weighted by atomic mass is 16.6. The Labute approximate surface area is 219 Å². The monoisotopic (exact) mass is 514 g/mol. The average Bonchev–Trinajstić information content (AvgIpc) is 3.28. The zero-order valence-corrected chi connectivity index (χ0v) is 21.9. The molecule has 0 unspecified atom stereocenters. The van der Waals surface area contributed by atoms with E-state index in [-0.39, 0.29) is 44.9 Å². The Morgan fingerprint density at radius 1 is 0.579 bits per heavy atom. The van der Waals surface area contributed by atoms with Crippen molar-refractivity contribution in [1.29, 1.82) is 0 Å². The quantitative estimate of drug-likeness (QED) is 0.287. The van der Waals surface area contributed by atoms with Crippen LogP contribution in [0.3, 0.4) is 0 Å².